The number of carbonyl (C=O) groups excluding carboxylic acids is 1. The lowest BCUT2D eigenvalue weighted by atomic mass is 9.77. The monoisotopic (exact) mass is 317 g/mol. The summed E-state index contributed by atoms with van der Waals surface area (Å²) in [7, 11) is 0. The molecule has 2 N–H and O–H groups in total. The number of nitrogens with zero attached hydrogens (tertiary/aromatic N) is 2. The summed E-state index contributed by atoms with van der Waals surface area (Å²) in [6.45, 7) is 2.09. The number of hydrogen-bond acceptors (Lipinski definition) is 4. The SMILES string of the molecule is CC1CCC(CO)(NC(=O)c2cc(Cl)nnc2Cl)CC1. The Morgan fingerprint density at radius 3 is 2.70 bits per heavy atom. The van der Waals surface area contributed by atoms with Gasteiger partial charge in [-0.05, 0) is 37.7 Å². The topological polar surface area (TPSA) is 75.1 Å². The quantitative estimate of drug-likeness (QED) is 0.898. The van der Waals surface area contributed by atoms with Gasteiger partial charge in [-0.1, -0.05) is 30.1 Å². The minimum Gasteiger partial charge on any atom is -0.394 e. The first-order valence-electron chi connectivity index (χ1n) is 6.58. The summed E-state index contributed by atoms with van der Waals surface area (Å²) in [4.78, 5) is 12.3. The lowest BCUT2D eigenvalue weighted by Gasteiger charge is -2.38. The number of halogens is 2. The standard InChI is InChI=1S/C13H17Cl2N3O2/c1-8-2-4-13(7-19,5-3-8)16-12(20)9-6-10(14)17-18-11(9)15/h6,8,19H,2-5,7H2,1H3,(H,16,20). The molecule has 0 spiro atoms. The smallest absolute Gasteiger partial charge is 0.255 e. The molecule has 0 saturated heterocycles. The van der Waals surface area contributed by atoms with Crippen molar-refractivity contribution in [2.75, 3.05) is 6.61 Å². The van der Waals surface area contributed by atoms with Crippen LogP contribution in [0.4, 0.5) is 0 Å². The zero-order valence-corrected chi connectivity index (χ0v) is 12.7. The zero-order chi connectivity index (χ0) is 14.8. The van der Waals surface area contributed by atoms with Crippen molar-refractivity contribution in [1.29, 1.82) is 0 Å². The molecule has 1 aliphatic carbocycles. The van der Waals surface area contributed by atoms with Crippen molar-refractivity contribution in [2.45, 2.75) is 38.1 Å². The second-order valence-electron chi connectivity index (χ2n) is 5.45. The minimum atomic E-state index is -0.581. The summed E-state index contributed by atoms with van der Waals surface area (Å²) in [5.41, 5.74) is -0.402. The van der Waals surface area contributed by atoms with Crippen molar-refractivity contribution in [3.8, 4) is 0 Å². The number of nitrogens with one attached hydrogen (secondary N) is 1. The van der Waals surface area contributed by atoms with E-state index in [1.54, 1.807) is 0 Å². The first kappa shape index (κ1) is 15.5. The molecule has 0 radical (unpaired) electrons. The van der Waals surface area contributed by atoms with Gasteiger partial charge in [0.15, 0.2) is 10.3 Å². The second-order valence-corrected chi connectivity index (χ2v) is 6.19. The highest BCUT2D eigenvalue weighted by atomic mass is 35.5. The maximum absolute atomic E-state index is 12.3. The third-order valence-corrected chi connectivity index (χ3v) is 4.34. The van der Waals surface area contributed by atoms with E-state index >= 15 is 0 Å². The van der Waals surface area contributed by atoms with Crippen LogP contribution in [0.3, 0.4) is 0 Å². The van der Waals surface area contributed by atoms with Crippen LogP contribution in [0.5, 0.6) is 0 Å². The van der Waals surface area contributed by atoms with Crippen LogP contribution in [0.2, 0.25) is 10.3 Å². The van der Waals surface area contributed by atoms with Crippen molar-refractivity contribution in [2.24, 2.45) is 5.92 Å². The van der Waals surface area contributed by atoms with E-state index in [-0.39, 0.29) is 28.4 Å². The summed E-state index contributed by atoms with van der Waals surface area (Å²) in [5, 5.41) is 19.8. The number of rotatable bonds is 3. The largest absolute Gasteiger partial charge is 0.394 e. The molecular weight excluding hydrogens is 301 g/mol. The van der Waals surface area contributed by atoms with E-state index in [1.807, 2.05) is 0 Å². The van der Waals surface area contributed by atoms with Gasteiger partial charge in [-0.25, -0.2) is 0 Å². The maximum atomic E-state index is 12.3. The molecule has 110 valence electrons. The molecule has 2 rings (SSSR count). The van der Waals surface area contributed by atoms with Crippen LogP contribution in [0, 0.1) is 5.92 Å². The van der Waals surface area contributed by atoms with E-state index in [9.17, 15) is 9.90 Å². The zero-order valence-electron chi connectivity index (χ0n) is 11.2. The van der Waals surface area contributed by atoms with Gasteiger partial charge in [0.2, 0.25) is 0 Å². The van der Waals surface area contributed by atoms with Gasteiger partial charge in [0, 0.05) is 0 Å². The molecule has 0 aliphatic heterocycles. The molecule has 1 fully saturated rings. The van der Waals surface area contributed by atoms with Crippen LogP contribution in [-0.2, 0) is 0 Å². The first-order valence-corrected chi connectivity index (χ1v) is 7.33. The number of aliphatic hydroxyl groups excluding tert-OH is 1. The number of amides is 1. The number of hydrogen-bond donors (Lipinski definition) is 2. The van der Waals surface area contributed by atoms with Crippen molar-refractivity contribution >= 4 is 29.1 Å². The molecule has 5 nitrogen and oxygen atoms in total. The number of aliphatic hydroxyl groups is 1. The van der Waals surface area contributed by atoms with Crippen LogP contribution in [-0.4, -0.2) is 33.4 Å². The Bertz CT molecular complexity index is 502. The lowest BCUT2D eigenvalue weighted by molar-refractivity contribution is 0.0716. The van der Waals surface area contributed by atoms with E-state index in [1.165, 1.54) is 6.07 Å². The maximum Gasteiger partial charge on any atom is 0.255 e. The van der Waals surface area contributed by atoms with Crippen LogP contribution in [0.1, 0.15) is 43.0 Å². The fourth-order valence-electron chi connectivity index (χ4n) is 2.46. The molecule has 0 bridgehead atoms. The molecule has 1 heterocycles. The summed E-state index contributed by atoms with van der Waals surface area (Å²) >= 11 is 11.6. The first-order chi connectivity index (χ1) is 9.46. The Hall–Kier alpha value is -0.910. The third-order valence-electron chi connectivity index (χ3n) is 3.88. The Balaban J connectivity index is 2.15. The van der Waals surface area contributed by atoms with Gasteiger partial charge in [0.25, 0.3) is 5.91 Å². The lowest BCUT2D eigenvalue weighted by Crippen LogP contribution is -2.53. The fraction of sp³-hybridized carbons (Fsp3) is 0.615. The van der Waals surface area contributed by atoms with E-state index in [4.69, 9.17) is 23.2 Å². The summed E-state index contributed by atoms with van der Waals surface area (Å²) < 4.78 is 0. The van der Waals surface area contributed by atoms with Crippen LogP contribution in [0.15, 0.2) is 6.07 Å². The van der Waals surface area contributed by atoms with E-state index < -0.39 is 5.54 Å². The number of carbonyl (C=O) groups is 1. The van der Waals surface area contributed by atoms with Gasteiger partial charge in [0.05, 0.1) is 17.7 Å². The molecule has 1 aliphatic rings. The highest BCUT2D eigenvalue weighted by Gasteiger charge is 2.35. The molecular formula is C13H17Cl2N3O2. The van der Waals surface area contributed by atoms with Crippen molar-refractivity contribution in [3.63, 3.8) is 0 Å². The average Bonchev–Trinajstić information content (AvgIpc) is 2.44. The molecule has 0 atom stereocenters. The average molecular weight is 318 g/mol. The normalized spacial score (nSPS) is 26.3. The summed E-state index contributed by atoms with van der Waals surface area (Å²) in [6, 6.07) is 1.38. The highest BCUT2D eigenvalue weighted by Crippen LogP contribution is 2.32. The molecule has 1 aromatic heterocycles. The number of aromatic nitrogens is 2. The van der Waals surface area contributed by atoms with Gasteiger partial charge >= 0.3 is 0 Å². The third kappa shape index (κ3) is 3.40. The summed E-state index contributed by atoms with van der Waals surface area (Å²) in [6.07, 6.45) is 3.45. The van der Waals surface area contributed by atoms with Crippen LogP contribution in [0.25, 0.3) is 0 Å². The van der Waals surface area contributed by atoms with E-state index in [0.29, 0.717) is 5.92 Å². The van der Waals surface area contributed by atoms with Crippen molar-refractivity contribution in [1.82, 2.24) is 15.5 Å². The molecule has 0 unspecified atom stereocenters. The van der Waals surface area contributed by atoms with E-state index in [2.05, 4.69) is 22.4 Å². The molecule has 0 aromatic carbocycles. The second kappa shape index (κ2) is 6.24. The molecule has 1 aromatic rings. The van der Waals surface area contributed by atoms with Crippen molar-refractivity contribution in [3.05, 3.63) is 21.9 Å². The van der Waals surface area contributed by atoms with Gasteiger partial charge in [-0.2, -0.15) is 0 Å². The molecule has 1 saturated carbocycles. The van der Waals surface area contributed by atoms with Crippen LogP contribution >= 0.6 is 23.2 Å². The Kier molecular flexibility index (Phi) is 4.83. The van der Waals surface area contributed by atoms with Gasteiger partial charge in [0.1, 0.15) is 0 Å². The Morgan fingerprint density at radius 2 is 2.10 bits per heavy atom. The Morgan fingerprint density at radius 1 is 1.45 bits per heavy atom. The summed E-state index contributed by atoms with van der Waals surface area (Å²) in [5.74, 6) is 0.239. The van der Waals surface area contributed by atoms with Crippen molar-refractivity contribution < 1.29 is 9.90 Å². The van der Waals surface area contributed by atoms with E-state index in [0.717, 1.165) is 25.7 Å². The van der Waals surface area contributed by atoms with Gasteiger partial charge < -0.3 is 10.4 Å². The fourth-order valence-corrected chi connectivity index (χ4v) is 2.78. The van der Waals surface area contributed by atoms with Gasteiger partial charge in [-0.15, -0.1) is 10.2 Å². The predicted molar refractivity (Wildman–Crippen MR) is 77.0 cm³/mol. The molecule has 1 amide bonds. The minimum absolute atomic E-state index is 0.00386. The molecule has 7 heteroatoms. The predicted octanol–water partition coefficient (Wildman–Crippen LogP) is 2.45. The van der Waals surface area contributed by atoms with Crippen LogP contribution < -0.4 is 5.32 Å². The van der Waals surface area contributed by atoms with Gasteiger partial charge in [-0.3, -0.25) is 4.79 Å². The Labute approximate surface area is 127 Å². The highest BCUT2D eigenvalue weighted by molar-refractivity contribution is 6.34. The molecule has 20 heavy (non-hydrogen) atoms.